The molecule has 1 spiro atoms. The van der Waals surface area contributed by atoms with Crippen LogP contribution in [0.2, 0.25) is 0 Å². The Bertz CT molecular complexity index is 1810. The van der Waals surface area contributed by atoms with Crippen molar-refractivity contribution in [3.8, 4) is 23.0 Å². The standard InChI is InChI=1S/C37H38O6/c1-21-13-32-30(17-28(21)23(3)38)35(4,5)19-37(42-32)20-36(6,7)31-18-29(22(2)14-33(31)43-37)34(39)41-27-12-10-24-15-26(40-8)11-9-25(24)16-27/h9-18H,19-20H2,1-8H3. The van der Waals surface area contributed by atoms with E-state index in [1.54, 1.807) is 20.1 Å². The van der Waals surface area contributed by atoms with Gasteiger partial charge >= 0.3 is 5.97 Å². The predicted octanol–water partition coefficient (Wildman–Crippen LogP) is 8.40. The minimum atomic E-state index is -0.889. The molecule has 1 unspecified atom stereocenters. The smallest absolute Gasteiger partial charge is 0.343 e. The van der Waals surface area contributed by atoms with Gasteiger partial charge in [0, 0.05) is 40.4 Å². The van der Waals surface area contributed by atoms with Crippen molar-refractivity contribution in [2.24, 2.45) is 0 Å². The summed E-state index contributed by atoms with van der Waals surface area (Å²) < 4.78 is 24.6. The summed E-state index contributed by atoms with van der Waals surface area (Å²) in [7, 11) is 1.64. The molecule has 4 aromatic rings. The van der Waals surface area contributed by atoms with E-state index < -0.39 is 11.8 Å². The van der Waals surface area contributed by atoms with Crippen LogP contribution >= 0.6 is 0 Å². The summed E-state index contributed by atoms with van der Waals surface area (Å²) in [4.78, 5) is 25.7. The summed E-state index contributed by atoms with van der Waals surface area (Å²) in [5.74, 6) is 1.46. The second kappa shape index (κ2) is 9.87. The van der Waals surface area contributed by atoms with Crippen LogP contribution in [0.15, 0.2) is 60.7 Å². The molecule has 0 fully saturated rings. The van der Waals surface area contributed by atoms with Gasteiger partial charge in [-0.2, -0.15) is 0 Å². The van der Waals surface area contributed by atoms with Crippen LogP contribution in [0.4, 0.5) is 0 Å². The van der Waals surface area contributed by atoms with Gasteiger partial charge in [-0.3, -0.25) is 4.79 Å². The zero-order valence-corrected chi connectivity index (χ0v) is 26.1. The molecule has 0 amide bonds. The van der Waals surface area contributed by atoms with E-state index in [2.05, 4.69) is 27.7 Å². The van der Waals surface area contributed by atoms with Crippen molar-refractivity contribution in [2.45, 2.75) is 77.9 Å². The fourth-order valence-corrected chi connectivity index (χ4v) is 6.91. The molecule has 222 valence electrons. The van der Waals surface area contributed by atoms with Gasteiger partial charge in [-0.05, 0) is 91.2 Å². The van der Waals surface area contributed by atoms with Gasteiger partial charge < -0.3 is 18.9 Å². The van der Waals surface area contributed by atoms with E-state index in [9.17, 15) is 9.59 Å². The summed E-state index contributed by atoms with van der Waals surface area (Å²) >= 11 is 0. The third-order valence-electron chi connectivity index (χ3n) is 8.95. The van der Waals surface area contributed by atoms with Crippen LogP contribution in [0.1, 0.15) is 90.4 Å². The molecule has 0 N–H and O–H groups in total. The van der Waals surface area contributed by atoms with Crippen LogP contribution in [0, 0.1) is 13.8 Å². The molecule has 6 rings (SSSR count). The number of fused-ring (bicyclic) bond motifs is 3. The van der Waals surface area contributed by atoms with Gasteiger partial charge in [-0.25, -0.2) is 4.79 Å². The lowest BCUT2D eigenvalue weighted by Crippen LogP contribution is -2.55. The highest BCUT2D eigenvalue weighted by Gasteiger charge is 2.53. The quantitative estimate of drug-likeness (QED) is 0.138. The molecule has 4 aromatic carbocycles. The number of benzene rings is 4. The molecule has 0 aromatic heterocycles. The first-order chi connectivity index (χ1) is 20.2. The SMILES string of the molecule is COc1ccc2cc(OC(=O)c3cc4c(cc3C)OC3(CC(C)(C)c5cc(C(C)=O)c(C)cc5O3)CC4(C)C)ccc2c1. The van der Waals surface area contributed by atoms with E-state index in [1.165, 1.54) is 0 Å². The van der Waals surface area contributed by atoms with Crippen molar-refractivity contribution in [1.29, 1.82) is 0 Å². The van der Waals surface area contributed by atoms with Crippen LogP contribution in [0.5, 0.6) is 23.0 Å². The molecular weight excluding hydrogens is 540 g/mol. The lowest BCUT2D eigenvalue weighted by molar-refractivity contribution is -0.166. The van der Waals surface area contributed by atoms with E-state index in [0.29, 0.717) is 29.9 Å². The third-order valence-corrected chi connectivity index (χ3v) is 8.95. The summed E-state index contributed by atoms with van der Waals surface area (Å²) in [6, 6.07) is 19.1. The minimum Gasteiger partial charge on any atom is -0.497 e. The number of hydrogen-bond acceptors (Lipinski definition) is 6. The molecule has 6 nitrogen and oxygen atoms in total. The van der Waals surface area contributed by atoms with Crippen molar-refractivity contribution in [3.63, 3.8) is 0 Å². The fraction of sp³-hybridized carbons (Fsp3) is 0.351. The van der Waals surface area contributed by atoms with Crippen molar-refractivity contribution in [1.82, 2.24) is 0 Å². The largest absolute Gasteiger partial charge is 0.497 e. The molecule has 6 heteroatoms. The number of ketones is 1. The number of rotatable bonds is 4. The average Bonchev–Trinajstić information content (AvgIpc) is 2.90. The van der Waals surface area contributed by atoms with E-state index in [4.69, 9.17) is 18.9 Å². The second-order valence-corrected chi connectivity index (χ2v) is 13.4. The van der Waals surface area contributed by atoms with Gasteiger partial charge in [-0.1, -0.05) is 39.8 Å². The number of esters is 1. The highest BCUT2D eigenvalue weighted by atomic mass is 16.7. The second-order valence-electron chi connectivity index (χ2n) is 13.4. The Morgan fingerprint density at radius 1 is 0.698 bits per heavy atom. The zero-order valence-electron chi connectivity index (χ0n) is 26.1. The summed E-state index contributed by atoms with van der Waals surface area (Å²) in [6.45, 7) is 14.1. The average molecular weight is 579 g/mol. The van der Waals surface area contributed by atoms with Gasteiger partial charge in [0.05, 0.1) is 12.7 Å². The Morgan fingerprint density at radius 2 is 1.19 bits per heavy atom. The number of hydrogen-bond donors (Lipinski definition) is 0. The van der Waals surface area contributed by atoms with Crippen LogP contribution in [-0.2, 0) is 10.8 Å². The molecular formula is C37H38O6. The minimum absolute atomic E-state index is 0.0476. The van der Waals surface area contributed by atoms with Gasteiger partial charge in [-0.15, -0.1) is 0 Å². The maximum absolute atomic E-state index is 13.5. The normalized spacial score (nSPS) is 19.5. The maximum Gasteiger partial charge on any atom is 0.343 e. The highest BCUT2D eigenvalue weighted by molar-refractivity contribution is 5.96. The monoisotopic (exact) mass is 578 g/mol. The number of ether oxygens (including phenoxy) is 4. The first-order valence-electron chi connectivity index (χ1n) is 14.7. The molecule has 1 atom stereocenters. The van der Waals surface area contributed by atoms with Crippen LogP contribution in [-0.4, -0.2) is 24.6 Å². The lowest BCUT2D eigenvalue weighted by atomic mass is 9.68. The lowest BCUT2D eigenvalue weighted by Gasteiger charge is -2.51. The first-order valence-corrected chi connectivity index (χ1v) is 14.7. The Labute approximate surface area is 252 Å². The van der Waals surface area contributed by atoms with Crippen LogP contribution in [0.25, 0.3) is 10.8 Å². The van der Waals surface area contributed by atoms with Gasteiger partial charge in [0.2, 0.25) is 0 Å². The van der Waals surface area contributed by atoms with Crippen molar-refractivity contribution >= 4 is 22.5 Å². The predicted molar refractivity (Wildman–Crippen MR) is 167 cm³/mol. The Balaban J connectivity index is 1.31. The number of aryl methyl sites for hydroxylation is 2. The van der Waals surface area contributed by atoms with E-state index in [-0.39, 0.29) is 16.6 Å². The highest BCUT2D eigenvalue weighted by Crippen LogP contribution is 2.54. The molecule has 0 radical (unpaired) electrons. The maximum atomic E-state index is 13.5. The van der Waals surface area contributed by atoms with E-state index in [1.807, 2.05) is 68.4 Å². The first kappa shape index (κ1) is 28.8. The topological polar surface area (TPSA) is 71.1 Å². The van der Waals surface area contributed by atoms with Crippen LogP contribution < -0.4 is 18.9 Å². The van der Waals surface area contributed by atoms with Crippen molar-refractivity contribution < 1.29 is 28.5 Å². The summed E-state index contributed by atoms with van der Waals surface area (Å²) in [6.07, 6.45) is 1.21. The Morgan fingerprint density at radius 3 is 1.72 bits per heavy atom. The van der Waals surface area contributed by atoms with Gasteiger partial charge in [0.15, 0.2) is 5.78 Å². The van der Waals surface area contributed by atoms with E-state index >= 15 is 0 Å². The number of carbonyl (C=O) groups is 2. The number of Topliss-reactive ketones (excluding diaryl/α,β-unsaturated/α-hetero) is 1. The Kier molecular flexibility index (Phi) is 6.60. The van der Waals surface area contributed by atoms with Gasteiger partial charge in [0.25, 0.3) is 5.79 Å². The van der Waals surface area contributed by atoms with Crippen molar-refractivity contribution in [3.05, 3.63) is 94.0 Å². The fourth-order valence-electron chi connectivity index (χ4n) is 6.91. The summed E-state index contributed by atoms with van der Waals surface area (Å²) in [5.41, 5.74) is 4.19. The number of methoxy groups -OCH3 is 1. The molecule has 0 saturated carbocycles. The molecule has 0 bridgehead atoms. The zero-order chi connectivity index (χ0) is 30.9. The van der Waals surface area contributed by atoms with Crippen LogP contribution in [0.3, 0.4) is 0 Å². The molecule has 2 aliphatic rings. The van der Waals surface area contributed by atoms with Gasteiger partial charge in [0.1, 0.15) is 23.0 Å². The molecule has 0 aliphatic carbocycles. The Hall–Kier alpha value is -4.32. The number of carbonyl (C=O) groups excluding carboxylic acids is 2. The molecule has 2 heterocycles. The molecule has 2 aliphatic heterocycles. The molecule has 43 heavy (non-hydrogen) atoms. The third kappa shape index (κ3) is 5.03. The van der Waals surface area contributed by atoms with E-state index in [0.717, 1.165) is 50.1 Å². The summed E-state index contributed by atoms with van der Waals surface area (Å²) in [5, 5.41) is 1.96. The molecule has 0 saturated heterocycles. The van der Waals surface area contributed by atoms with Crippen molar-refractivity contribution in [2.75, 3.05) is 7.11 Å².